The third-order valence-electron chi connectivity index (χ3n) is 2.97. The highest BCUT2D eigenvalue weighted by atomic mass is 79.9. The maximum absolute atomic E-state index is 4.28. The predicted molar refractivity (Wildman–Crippen MR) is 85.8 cm³/mol. The molecule has 0 radical (unpaired) electrons. The zero-order valence-corrected chi connectivity index (χ0v) is 13.7. The number of rotatable bonds is 6. The van der Waals surface area contributed by atoms with Crippen LogP contribution < -0.4 is 5.32 Å². The van der Waals surface area contributed by atoms with Crippen molar-refractivity contribution in [3.63, 3.8) is 0 Å². The molecule has 0 aliphatic rings. The number of nitrogens with zero attached hydrogens (tertiary/aromatic N) is 1. The van der Waals surface area contributed by atoms with Crippen LogP contribution in [0.4, 0.5) is 0 Å². The van der Waals surface area contributed by atoms with Gasteiger partial charge in [0, 0.05) is 26.6 Å². The average Bonchev–Trinajstić information content (AvgIpc) is 2.88. The second-order valence-electron chi connectivity index (χ2n) is 4.48. The summed E-state index contributed by atoms with van der Waals surface area (Å²) in [5.74, 6) is 0. The number of aromatic nitrogens is 1. The molecule has 2 rings (SSSR count). The fraction of sp³-hybridized carbons (Fsp3) is 0.400. The van der Waals surface area contributed by atoms with Gasteiger partial charge in [0.15, 0.2) is 0 Å². The second-order valence-corrected chi connectivity index (χ2v) is 6.60. The quantitative estimate of drug-likeness (QED) is 0.835. The van der Waals surface area contributed by atoms with E-state index in [1.807, 2.05) is 23.7 Å². The maximum Gasteiger partial charge on any atom is 0.0686 e. The van der Waals surface area contributed by atoms with Crippen LogP contribution in [0.15, 0.2) is 35.1 Å². The molecule has 1 atom stereocenters. The van der Waals surface area contributed by atoms with Gasteiger partial charge in [0.05, 0.1) is 6.04 Å². The van der Waals surface area contributed by atoms with Crippen molar-refractivity contribution in [2.75, 3.05) is 6.54 Å². The van der Waals surface area contributed by atoms with Gasteiger partial charge in [-0.25, -0.2) is 0 Å². The standard InChI is InChI=1S/C15H19BrN2S/c1-3-7-18-15(11-8-12(16)10-17-9-11)14-6-5-13(4-2)19-14/h5-6,8-10,15,18H,3-4,7H2,1-2H3. The van der Waals surface area contributed by atoms with Gasteiger partial charge in [-0.05, 0) is 59.1 Å². The lowest BCUT2D eigenvalue weighted by molar-refractivity contribution is 0.604. The van der Waals surface area contributed by atoms with Gasteiger partial charge >= 0.3 is 0 Å². The van der Waals surface area contributed by atoms with Crippen molar-refractivity contribution in [2.24, 2.45) is 0 Å². The second kappa shape index (κ2) is 7.17. The molecule has 2 aromatic rings. The van der Waals surface area contributed by atoms with Gasteiger partial charge in [-0.3, -0.25) is 4.98 Å². The van der Waals surface area contributed by atoms with Crippen LogP contribution in [0, 0.1) is 0 Å². The highest BCUT2D eigenvalue weighted by molar-refractivity contribution is 9.10. The Labute approximate surface area is 127 Å². The molecule has 0 saturated carbocycles. The predicted octanol–water partition coefficient (Wildman–Crippen LogP) is 4.56. The molecule has 2 aromatic heterocycles. The van der Waals surface area contributed by atoms with E-state index in [1.54, 1.807) is 0 Å². The van der Waals surface area contributed by atoms with Crippen molar-refractivity contribution < 1.29 is 0 Å². The summed E-state index contributed by atoms with van der Waals surface area (Å²) in [5, 5.41) is 3.62. The van der Waals surface area contributed by atoms with Crippen molar-refractivity contribution in [1.82, 2.24) is 10.3 Å². The SMILES string of the molecule is CCCNC(c1cncc(Br)c1)c1ccc(CC)s1. The van der Waals surface area contributed by atoms with Crippen molar-refractivity contribution in [3.05, 3.63) is 50.4 Å². The lowest BCUT2D eigenvalue weighted by Gasteiger charge is -2.17. The van der Waals surface area contributed by atoms with Gasteiger partial charge in [-0.1, -0.05) is 13.8 Å². The van der Waals surface area contributed by atoms with Gasteiger partial charge < -0.3 is 5.32 Å². The normalized spacial score (nSPS) is 12.6. The van der Waals surface area contributed by atoms with Crippen molar-refractivity contribution >= 4 is 27.3 Å². The van der Waals surface area contributed by atoms with E-state index >= 15 is 0 Å². The monoisotopic (exact) mass is 338 g/mol. The Balaban J connectivity index is 2.29. The summed E-state index contributed by atoms with van der Waals surface area (Å²) in [5.41, 5.74) is 1.22. The van der Waals surface area contributed by atoms with Crippen LogP contribution in [0.2, 0.25) is 0 Å². The third kappa shape index (κ3) is 3.88. The molecule has 1 unspecified atom stereocenters. The van der Waals surface area contributed by atoms with Gasteiger partial charge in [-0.15, -0.1) is 11.3 Å². The molecule has 102 valence electrons. The van der Waals surface area contributed by atoms with Gasteiger partial charge in [0.2, 0.25) is 0 Å². The third-order valence-corrected chi connectivity index (χ3v) is 4.70. The molecule has 2 heterocycles. The summed E-state index contributed by atoms with van der Waals surface area (Å²) in [6, 6.07) is 6.85. The first-order chi connectivity index (χ1) is 9.24. The summed E-state index contributed by atoms with van der Waals surface area (Å²) in [6.45, 7) is 5.40. The Hall–Kier alpha value is -0.710. The first kappa shape index (κ1) is 14.7. The number of nitrogens with one attached hydrogen (secondary N) is 1. The Morgan fingerprint density at radius 3 is 2.79 bits per heavy atom. The summed E-state index contributed by atoms with van der Waals surface area (Å²) >= 11 is 5.39. The van der Waals surface area contributed by atoms with Crippen molar-refractivity contribution in [1.29, 1.82) is 0 Å². The van der Waals surface area contributed by atoms with Crippen molar-refractivity contribution in [3.8, 4) is 0 Å². The number of aryl methyl sites for hydroxylation is 1. The molecule has 0 aliphatic heterocycles. The molecule has 0 amide bonds. The number of thiophene rings is 1. The molecular formula is C15H19BrN2S. The smallest absolute Gasteiger partial charge is 0.0686 e. The largest absolute Gasteiger partial charge is 0.306 e. The molecule has 0 spiro atoms. The minimum Gasteiger partial charge on any atom is -0.306 e. The molecule has 2 nitrogen and oxygen atoms in total. The van der Waals surface area contributed by atoms with E-state index in [9.17, 15) is 0 Å². The van der Waals surface area contributed by atoms with Crippen LogP contribution in [-0.4, -0.2) is 11.5 Å². The van der Waals surface area contributed by atoms with Crippen LogP contribution >= 0.6 is 27.3 Å². The molecule has 4 heteroatoms. The lowest BCUT2D eigenvalue weighted by atomic mass is 10.1. The molecule has 1 N–H and O–H groups in total. The topological polar surface area (TPSA) is 24.9 Å². The zero-order chi connectivity index (χ0) is 13.7. The van der Waals surface area contributed by atoms with Crippen molar-refractivity contribution in [2.45, 2.75) is 32.7 Å². The van der Waals surface area contributed by atoms with Crippen LogP contribution in [0.25, 0.3) is 0 Å². The summed E-state index contributed by atoms with van der Waals surface area (Å²) in [4.78, 5) is 7.08. The number of hydrogen-bond acceptors (Lipinski definition) is 3. The molecule has 0 bridgehead atoms. The van der Waals surface area contributed by atoms with Gasteiger partial charge in [0.1, 0.15) is 0 Å². The Bertz CT molecular complexity index is 524. The first-order valence-electron chi connectivity index (χ1n) is 6.67. The van der Waals surface area contributed by atoms with E-state index in [-0.39, 0.29) is 6.04 Å². The Kier molecular flexibility index (Phi) is 5.55. The van der Waals surface area contributed by atoms with E-state index in [0.29, 0.717) is 0 Å². The summed E-state index contributed by atoms with van der Waals surface area (Å²) in [7, 11) is 0. The molecular weight excluding hydrogens is 320 g/mol. The zero-order valence-electron chi connectivity index (χ0n) is 11.3. The summed E-state index contributed by atoms with van der Waals surface area (Å²) in [6.07, 6.45) is 6.00. The molecule has 0 aromatic carbocycles. The molecule has 19 heavy (non-hydrogen) atoms. The Morgan fingerprint density at radius 2 is 2.16 bits per heavy atom. The van der Waals surface area contributed by atoms with Gasteiger partial charge in [-0.2, -0.15) is 0 Å². The van der Waals surface area contributed by atoms with Crippen LogP contribution in [0.5, 0.6) is 0 Å². The molecule has 0 saturated heterocycles. The number of halogens is 1. The fourth-order valence-electron chi connectivity index (χ4n) is 2.00. The first-order valence-corrected chi connectivity index (χ1v) is 8.28. The minimum absolute atomic E-state index is 0.246. The number of hydrogen-bond donors (Lipinski definition) is 1. The van der Waals surface area contributed by atoms with E-state index in [1.165, 1.54) is 15.3 Å². The van der Waals surface area contributed by atoms with E-state index < -0.39 is 0 Å². The van der Waals surface area contributed by atoms with Crippen LogP contribution in [-0.2, 0) is 6.42 Å². The number of pyridine rings is 1. The lowest BCUT2D eigenvalue weighted by Crippen LogP contribution is -2.22. The minimum atomic E-state index is 0.246. The average molecular weight is 339 g/mol. The van der Waals surface area contributed by atoms with E-state index in [2.05, 4.69) is 58.3 Å². The summed E-state index contributed by atoms with van der Waals surface area (Å²) < 4.78 is 1.03. The highest BCUT2D eigenvalue weighted by Crippen LogP contribution is 2.29. The van der Waals surface area contributed by atoms with Gasteiger partial charge in [0.25, 0.3) is 0 Å². The maximum atomic E-state index is 4.28. The van der Waals surface area contributed by atoms with Crippen LogP contribution in [0.3, 0.4) is 0 Å². The van der Waals surface area contributed by atoms with Crippen LogP contribution in [0.1, 0.15) is 41.6 Å². The highest BCUT2D eigenvalue weighted by Gasteiger charge is 2.16. The Morgan fingerprint density at radius 1 is 1.32 bits per heavy atom. The van der Waals surface area contributed by atoms with E-state index in [4.69, 9.17) is 0 Å². The fourth-order valence-corrected chi connectivity index (χ4v) is 3.44. The molecule has 0 fully saturated rings. The van der Waals surface area contributed by atoms with E-state index in [0.717, 1.165) is 23.9 Å². The molecule has 0 aliphatic carbocycles.